The molecule has 0 spiro atoms. The van der Waals surface area contributed by atoms with Crippen molar-refractivity contribution in [2.45, 2.75) is 72.0 Å². The van der Waals surface area contributed by atoms with E-state index in [1.165, 1.54) is 0 Å². The van der Waals surface area contributed by atoms with Gasteiger partial charge in [0.25, 0.3) is 0 Å². The fourth-order valence-electron chi connectivity index (χ4n) is 1.84. The summed E-state index contributed by atoms with van der Waals surface area (Å²) in [5.41, 5.74) is -1.23. The minimum atomic E-state index is -0.749. The highest BCUT2D eigenvalue weighted by Gasteiger charge is 2.21. The van der Waals surface area contributed by atoms with Crippen LogP contribution in [0.2, 0.25) is 0 Å². The van der Waals surface area contributed by atoms with Crippen LogP contribution < -0.4 is 16.0 Å². The largest absolute Gasteiger partial charge is 0.444 e. The van der Waals surface area contributed by atoms with Crippen molar-refractivity contribution in [2.24, 2.45) is 4.99 Å². The van der Waals surface area contributed by atoms with Crippen molar-refractivity contribution >= 4 is 12.1 Å². The number of rotatable bonds is 9. The number of aliphatic hydroxyl groups is 1. The van der Waals surface area contributed by atoms with Crippen molar-refractivity contribution < 1.29 is 14.6 Å². The van der Waals surface area contributed by atoms with Crippen molar-refractivity contribution in [1.29, 1.82) is 0 Å². The van der Waals surface area contributed by atoms with Gasteiger partial charge in [0.15, 0.2) is 5.96 Å². The Balaban J connectivity index is 4.16. The molecule has 7 nitrogen and oxygen atoms in total. The second-order valence-corrected chi connectivity index (χ2v) is 6.84. The van der Waals surface area contributed by atoms with E-state index in [4.69, 9.17) is 4.74 Å². The predicted molar refractivity (Wildman–Crippen MR) is 98.4 cm³/mol. The Hall–Kier alpha value is -1.50. The fraction of sp³-hybridized carbons (Fsp3) is 0.882. The maximum Gasteiger partial charge on any atom is 0.407 e. The standard InChI is InChI=1S/C17H36N4O3/c1-7-17(23,8-2)13-21-14(18-9-3)19-11-10-12-20-15(22)24-16(4,5)6/h23H,7-13H2,1-6H3,(H,20,22)(H2,18,19,21). The number of carbonyl (C=O) groups excluding carboxylic acids is 1. The Bertz CT molecular complexity index is 388. The monoisotopic (exact) mass is 344 g/mol. The SMILES string of the molecule is CCNC(=NCC(O)(CC)CC)NCCCNC(=O)OC(C)(C)C. The van der Waals surface area contributed by atoms with E-state index in [1.807, 2.05) is 41.5 Å². The Morgan fingerprint density at radius 3 is 2.12 bits per heavy atom. The van der Waals surface area contributed by atoms with E-state index in [0.29, 0.717) is 38.4 Å². The molecule has 0 radical (unpaired) electrons. The zero-order chi connectivity index (χ0) is 18.6. The maximum atomic E-state index is 11.5. The number of ether oxygens (including phenoxy) is 1. The molecule has 0 aromatic heterocycles. The number of hydrogen-bond acceptors (Lipinski definition) is 4. The van der Waals surface area contributed by atoms with Crippen molar-refractivity contribution in [3.63, 3.8) is 0 Å². The smallest absolute Gasteiger partial charge is 0.407 e. The molecule has 0 fully saturated rings. The van der Waals surface area contributed by atoms with Crippen LogP contribution in [0, 0.1) is 0 Å². The number of hydrogen-bond donors (Lipinski definition) is 4. The number of alkyl carbamates (subject to hydrolysis) is 1. The normalized spacial score (nSPS) is 12.7. The van der Waals surface area contributed by atoms with Gasteiger partial charge in [0.2, 0.25) is 0 Å². The van der Waals surface area contributed by atoms with Crippen LogP contribution in [0.5, 0.6) is 0 Å². The molecule has 0 aliphatic carbocycles. The van der Waals surface area contributed by atoms with E-state index in [0.717, 1.165) is 13.0 Å². The third kappa shape index (κ3) is 11.1. The van der Waals surface area contributed by atoms with Gasteiger partial charge in [0.05, 0.1) is 12.1 Å². The second-order valence-electron chi connectivity index (χ2n) is 6.84. The number of nitrogens with zero attached hydrogens (tertiary/aromatic N) is 1. The molecule has 0 saturated carbocycles. The minimum Gasteiger partial charge on any atom is -0.444 e. The lowest BCUT2D eigenvalue weighted by Crippen LogP contribution is -2.41. The van der Waals surface area contributed by atoms with Crippen LogP contribution in [0.25, 0.3) is 0 Å². The van der Waals surface area contributed by atoms with Crippen LogP contribution in [-0.2, 0) is 4.74 Å². The topological polar surface area (TPSA) is 95.0 Å². The molecule has 0 atom stereocenters. The minimum absolute atomic E-state index is 0.367. The van der Waals surface area contributed by atoms with Gasteiger partial charge in [0, 0.05) is 19.6 Å². The Morgan fingerprint density at radius 1 is 1.04 bits per heavy atom. The number of amides is 1. The van der Waals surface area contributed by atoms with Gasteiger partial charge in [-0.3, -0.25) is 4.99 Å². The van der Waals surface area contributed by atoms with Crippen LogP contribution in [0.1, 0.15) is 60.8 Å². The number of nitrogens with one attached hydrogen (secondary N) is 3. The summed E-state index contributed by atoms with van der Waals surface area (Å²) in [5.74, 6) is 0.676. The summed E-state index contributed by atoms with van der Waals surface area (Å²) in [6, 6.07) is 0. The van der Waals surface area contributed by atoms with Gasteiger partial charge in [-0.15, -0.1) is 0 Å². The number of carbonyl (C=O) groups is 1. The quantitative estimate of drug-likeness (QED) is 0.292. The van der Waals surface area contributed by atoms with Gasteiger partial charge in [-0.25, -0.2) is 4.79 Å². The van der Waals surface area contributed by atoms with Crippen LogP contribution in [0.3, 0.4) is 0 Å². The lowest BCUT2D eigenvalue weighted by atomic mass is 9.98. The third-order valence-electron chi connectivity index (χ3n) is 3.51. The van der Waals surface area contributed by atoms with Crippen LogP contribution in [0.15, 0.2) is 4.99 Å². The summed E-state index contributed by atoms with van der Waals surface area (Å²) in [6.45, 7) is 13.7. The summed E-state index contributed by atoms with van der Waals surface area (Å²) >= 11 is 0. The summed E-state index contributed by atoms with van der Waals surface area (Å²) in [6.07, 6.45) is 1.69. The number of guanidine groups is 1. The average Bonchev–Trinajstić information content (AvgIpc) is 2.50. The van der Waals surface area contributed by atoms with Crippen molar-refractivity contribution in [3.8, 4) is 0 Å². The summed E-state index contributed by atoms with van der Waals surface area (Å²) in [4.78, 5) is 16.0. The van der Waals surface area contributed by atoms with Gasteiger partial charge in [-0.2, -0.15) is 0 Å². The average molecular weight is 345 g/mol. The second kappa shape index (κ2) is 11.1. The first-order chi connectivity index (χ1) is 11.2. The fourth-order valence-corrected chi connectivity index (χ4v) is 1.84. The predicted octanol–water partition coefficient (Wildman–Crippen LogP) is 2.01. The van der Waals surface area contributed by atoms with Gasteiger partial charge in [-0.05, 0) is 47.0 Å². The van der Waals surface area contributed by atoms with Gasteiger partial charge >= 0.3 is 6.09 Å². The molecule has 142 valence electrons. The molecule has 0 saturated heterocycles. The van der Waals surface area contributed by atoms with E-state index >= 15 is 0 Å². The molecule has 0 unspecified atom stereocenters. The summed E-state index contributed by atoms with van der Waals surface area (Å²) in [7, 11) is 0. The van der Waals surface area contributed by atoms with E-state index in [9.17, 15) is 9.90 Å². The molecule has 0 aliphatic heterocycles. The first kappa shape index (κ1) is 22.5. The molecule has 7 heteroatoms. The molecule has 0 aromatic rings. The molecule has 0 heterocycles. The van der Waals surface area contributed by atoms with Crippen LogP contribution in [0.4, 0.5) is 4.79 Å². The van der Waals surface area contributed by atoms with Crippen LogP contribution >= 0.6 is 0 Å². The van der Waals surface area contributed by atoms with Crippen LogP contribution in [-0.4, -0.2) is 54.5 Å². The maximum absolute atomic E-state index is 11.5. The first-order valence-corrected chi connectivity index (χ1v) is 8.87. The zero-order valence-electron chi connectivity index (χ0n) is 16.2. The molecule has 0 aromatic carbocycles. The lowest BCUT2D eigenvalue weighted by Gasteiger charge is -2.23. The Kier molecular flexibility index (Phi) is 10.4. The molecule has 0 bridgehead atoms. The van der Waals surface area contributed by atoms with Crippen molar-refractivity contribution in [3.05, 3.63) is 0 Å². The van der Waals surface area contributed by atoms with Crippen molar-refractivity contribution in [2.75, 3.05) is 26.2 Å². The lowest BCUT2D eigenvalue weighted by molar-refractivity contribution is 0.0417. The van der Waals surface area contributed by atoms with E-state index < -0.39 is 17.3 Å². The molecular weight excluding hydrogens is 308 g/mol. The third-order valence-corrected chi connectivity index (χ3v) is 3.51. The highest BCUT2D eigenvalue weighted by atomic mass is 16.6. The Labute approximate surface area is 146 Å². The van der Waals surface area contributed by atoms with E-state index in [2.05, 4.69) is 20.9 Å². The van der Waals surface area contributed by atoms with Gasteiger partial charge in [-0.1, -0.05) is 13.8 Å². The van der Waals surface area contributed by atoms with Crippen molar-refractivity contribution in [1.82, 2.24) is 16.0 Å². The van der Waals surface area contributed by atoms with E-state index in [1.54, 1.807) is 0 Å². The molecule has 24 heavy (non-hydrogen) atoms. The highest BCUT2D eigenvalue weighted by molar-refractivity contribution is 5.79. The Morgan fingerprint density at radius 2 is 1.62 bits per heavy atom. The molecule has 0 rings (SSSR count). The summed E-state index contributed by atoms with van der Waals surface area (Å²) < 4.78 is 5.17. The van der Waals surface area contributed by atoms with E-state index in [-0.39, 0.29) is 0 Å². The highest BCUT2D eigenvalue weighted by Crippen LogP contribution is 2.14. The molecule has 0 aliphatic rings. The molecule has 4 N–H and O–H groups in total. The zero-order valence-corrected chi connectivity index (χ0v) is 16.2. The van der Waals surface area contributed by atoms with Gasteiger partial charge in [0.1, 0.15) is 5.60 Å². The molecular formula is C17H36N4O3. The number of aliphatic imine (C=N–C) groups is 1. The van der Waals surface area contributed by atoms with Gasteiger partial charge < -0.3 is 25.8 Å². The molecule has 1 amide bonds. The first-order valence-electron chi connectivity index (χ1n) is 8.87. The summed E-state index contributed by atoms with van der Waals surface area (Å²) in [5, 5.41) is 19.4.